The standard InChI is InChI=1S/C27H27N5O2S/c1-18-10-11-25-28-20(16-32(25)15-18)17-34-21-7-5-6-19(14-21)27(33)31-24(12-13-35-2)26-29-22-8-3-4-9-23(22)30-26/h3-11,14-16,24H,12-13,17H2,1-2H3,(H,29,30)(H,31,33). The van der Waals surface area contributed by atoms with Crippen LogP contribution in [0.3, 0.4) is 0 Å². The molecule has 0 fully saturated rings. The van der Waals surface area contributed by atoms with Crippen LogP contribution in [0.2, 0.25) is 0 Å². The molecular formula is C27H27N5O2S. The van der Waals surface area contributed by atoms with E-state index in [-0.39, 0.29) is 11.9 Å². The highest BCUT2D eigenvalue weighted by Gasteiger charge is 2.19. The molecule has 0 saturated carbocycles. The third-order valence-electron chi connectivity index (χ3n) is 5.79. The number of carbonyl (C=O) groups is 1. The van der Waals surface area contributed by atoms with Crippen molar-refractivity contribution in [2.24, 2.45) is 0 Å². The topological polar surface area (TPSA) is 84.3 Å². The number of aromatic amines is 1. The van der Waals surface area contributed by atoms with Gasteiger partial charge >= 0.3 is 0 Å². The number of benzene rings is 2. The van der Waals surface area contributed by atoms with Crippen LogP contribution in [-0.2, 0) is 6.61 Å². The summed E-state index contributed by atoms with van der Waals surface area (Å²) in [4.78, 5) is 25.8. The number of carbonyl (C=O) groups excluding carboxylic acids is 1. The molecule has 0 aliphatic rings. The Morgan fingerprint density at radius 2 is 2.00 bits per heavy atom. The lowest BCUT2D eigenvalue weighted by atomic mass is 10.1. The maximum atomic E-state index is 13.2. The Hall–Kier alpha value is -3.78. The SMILES string of the molecule is CSCCC(NC(=O)c1cccc(OCc2cn3cc(C)ccc3n2)c1)c1nc2ccccc2[nH]1. The number of pyridine rings is 1. The van der Waals surface area contributed by atoms with Gasteiger partial charge < -0.3 is 19.4 Å². The van der Waals surface area contributed by atoms with Crippen LogP contribution >= 0.6 is 11.8 Å². The molecule has 0 aliphatic carbocycles. The molecule has 1 atom stereocenters. The van der Waals surface area contributed by atoms with Crippen LogP contribution in [-0.4, -0.2) is 37.3 Å². The Morgan fingerprint density at radius 3 is 2.86 bits per heavy atom. The van der Waals surface area contributed by atoms with Crippen LogP contribution in [0.5, 0.6) is 5.75 Å². The van der Waals surface area contributed by atoms with Gasteiger partial charge in [-0.25, -0.2) is 9.97 Å². The number of ether oxygens (including phenoxy) is 1. The van der Waals surface area contributed by atoms with Gasteiger partial charge in [-0.3, -0.25) is 4.79 Å². The molecule has 7 nitrogen and oxygen atoms in total. The number of nitrogens with zero attached hydrogens (tertiary/aromatic N) is 3. The van der Waals surface area contributed by atoms with Crippen molar-refractivity contribution in [3.05, 3.63) is 95.7 Å². The van der Waals surface area contributed by atoms with Crippen molar-refractivity contribution in [2.75, 3.05) is 12.0 Å². The van der Waals surface area contributed by atoms with Crippen molar-refractivity contribution in [2.45, 2.75) is 26.0 Å². The largest absolute Gasteiger partial charge is 0.487 e. The number of imidazole rings is 2. The highest BCUT2D eigenvalue weighted by atomic mass is 32.2. The zero-order valence-electron chi connectivity index (χ0n) is 19.7. The van der Waals surface area contributed by atoms with Crippen molar-refractivity contribution >= 4 is 34.3 Å². The second-order valence-electron chi connectivity index (χ2n) is 8.47. The van der Waals surface area contributed by atoms with Gasteiger partial charge in [0.1, 0.15) is 23.8 Å². The number of amides is 1. The van der Waals surface area contributed by atoms with Gasteiger partial charge in [-0.2, -0.15) is 11.8 Å². The van der Waals surface area contributed by atoms with E-state index >= 15 is 0 Å². The number of hydrogen-bond acceptors (Lipinski definition) is 5. The first-order valence-electron chi connectivity index (χ1n) is 11.5. The smallest absolute Gasteiger partial charge is 0.252 e. The number of aromatic nitrogens is 4. The lowest BCUT2D eigenvalue weighted by Gasteiger charge is -2.16. The minimum Gasteiger partial charge on any atom is -0.487 e. The van der Waals surface area contributed by atoms with Crippen LogP contribution in [0.25, 0.3) is 16.7 Å². The Balaban J connectivity index is 1.29. The monoisotopic (exact) mass is 485 g/mol. The van der Waals surface area contributed by atoms with Crippen LogP contribution in [0, 0.1) is 6.92 Å². The van der Waals surface area contributed by atoms with E-state index < -0.39 is 0 Å². The second kappa shape index (κ2) is 10.2. The van der Waals surface area contributed by atoms with E-state index in [4.69, 9.17) is 9.72 Å². The second-order valence-corrected chi connectivity index (χ2v) is 9.45. The zero-order chi connectivity index (χ0) is 24.2. The van der Waals surface area contributed by atoms with Gasteiger partial charge in [0.25, 0.3) is 5.91 Å². The van der Waals surface area contributed by atoms with Gasteiger partial charge in [0, 0.05) is 18.0 Å². The number of aryl methyl sites for hydroxylation is 1. The number of nitrogens with one attached hydrogen (secondary N) is 2. The van der Waals surface area contributed by atoms with Crippen molar-refractivity contribution in [3.8, 4) is 5.75 Å². The average Bonchev–Trinajstić information content (AvgIpc) is 3.49. The first-order valence-corrected chi connectivity index (χ1v) is 12.9. The summed E-state index contributed by atoms with van der Waals surface area (Å²) in [6.45, 7) is 2.37. The molecule has 3 aromatic heterocycles. The van der Waals surface area contributed by atoms with E-state index in [0.717, 1.165) is 40.4 Å². The fourth-order valence-electron chi connectivity index (χ4n) is 4.00. The van der Waals surface area contributed by atoms with E-state index in [0.29, 0.717) is 17.9 Å². The zero-order valence-corrected chi connectivity index (χ0v) is 20.5. The molecule has 0 spiro atoms. The summed E-state index contributed by atoms with van der Waals surface area (Å²) in [5.74, 6) is 2.13. The predicted molar refractivity (Wildman–Crippen MR) is 140 cm³/mol. The molecule has 35 heavy (non-hydrogen) atoms. The molecule has 8 heteroatoms. The van der Waals surface area contributed by atoms with Gasteiger partial charge in [-0.1, -0.05) is 24.3 Å². The summed E-state index contributed by atoms with van der Waals surface area (Å²) in [7, 11) is 0. The van der Waals surface area contributed by atoms with Crippen molar-refractivity contribution in [3.63, 3.8) is 0 Å². The minimum absolute atomic E-state index is 0.162. The molecule has 1 unspecified atom stereocenters. The summed E-state index contributed by atoms with van der Waals surface area (Å²) in [5, 5.41) is 3.15. The summed E-state index contributed by atoms with van der Waals surface area (Å²) < 4.78 is 7.95. The molecule has 1 amide bonds. The van der Waals surface area contributed by atoms with Gasteiger partial charge in [-0.15, -0.1) is 0 Å². The quantitative estimate of drug-likeness (QED) is 0.295. The lowest BCUT2D eigenvalue weighted by Crippen LogP contribution is -2.29. The number of thioether (sulfide) groups is 1. The third-order valence-corrected chi connectivity index (χ3v) is 6.43. The number of fused-ring (bicyclic) bond motifs is 2. The maximum absolute atomic E-state index is 13.2. The normalized spacial score (nSPS) is 12.2. The molecule has 178 valence electrons. The molecule has 2 N–H and O–H groups in total. The fourth-order valence-corrected chi connectivity index (χ4v) is 4.47. The van der Waals surface area contributed by atoms with E-state index in [2.05, 4.69) is 21.5 Å². The van der Waals surface area contributed by atoms with Gasteiger partial charge in [0.05, 0.1) is 22.8 Å². The molecule has 0 saturated heterocycles. The van der Waals surface area contributed by atoms with Crippen molar-refractivity contribution < 1.29 is 9.53 Å². The van der Waals surface area contributed by atoms with Crippen LogP contribution in [0.4, 0.5) is 0 Å². The van der Waals surface area contributed by atoms with Crippen LogP contribution in [0.1, 0.15) is 39.9 Å². The Kier molecular flexibility index (Phi) is 6.72. The fraction of sp³-hybridized carbons (Fsp3) is 0.222. The summed E-state index contributed by atoms with van der Waals surface area (Å²) in [6.07, 6.45) is 6.83. The number of H-pyrrole nitrogens is 1. The summed E-state index contributed by atoms with van der Waals surface area (Å²) in [5.41, 5.74) is 5.27. The molecule has 0 aliphatic heterocycles. The first kappa shape index (κ1) is 23.0. The molecule has 3 heterocycles. The Labute approximate surface area is 207 Å². The molecule has 2 aromatic carbocycles. The Morgan fingerprint density at radius 1 is 1.11 bits per heavy atom. The van der Waals surface area contributed by atoms with Gasteiger partial charge in [0.15, 0.2) is 0 Å². The van der Waals surface area contributed by atoms with E-state index in [9.17, 15) is 4.79 Å². The molecule has 5 rings (SSSR count). The number of rotatable bonds is 9. The first-order chi connectivity index (χ1) is 17.1. The van der Waals surface area contributed by atoms with Crippen LogP contribution in [0.15, 0.2) is 73.1 Å². The maximum Gasteiger partial charge on any atom is 0.252 e. The highest BCUT2D eigenvalue weighted by molar-refractivity contribution is 7.98. The number of para-hydroxylation sites is 2. The lowest BCUT2D eigenvalue weighted by molar-refractivity contribution is 0.0933. The van der Waals surface area contributed by atoms with Gasteiger partial charge in [0.2, 0.25) is 0 Å². The minimum atomic E-state index is -0.214. The molecular weight excluding hydrogens is 458 g/mol. The third kappa shape index (κ3) is 5.33. The van der Waals surface area contributed by atoms with Gasteiger partial charge in [-0.05, 0) is 67.3 Å². The van der Waals surface area contributed by atoms with Crippen molar-refractivity contribution in [1.29, 1.82) is 0 Å². The predicted octanol–water partition coefficient (Wildman–Crippen LogP) is 5.32. The highest BCUT2D eigenvalue weighted by Crippen LogP contribution is 2.22. The summed E-state index contributed by atoms with van der Waals surface area (Å²) >= 11 is 1.74. The van der Waals surface area contributed by atoms with E-state index in [1.54, 1.807) is 23.9 Å². The number of hydrogen-bond donors (Lipinski definition) is 2. The average molecular weight is 486 g/mol. The van der Waals surface area contributed by atoms with Crippen molar-refractivity contribution in [1.82, 2.24) is 24.7 Å². The molecule has 5 aromatic rings. The Bertz CT molecular complexity index is 1440. The molecule has 0 radical (unpaired) electrons. The van der Waals surface area contributed by atoms with Crippen LogP contribution < -0.4 is 10.1 Å². The summed E-state index contributed by atoms with van der Waals surface area (Å²) in [6, 6.07) is 18.9. The molecule has 0 bridgehead atoms. The van der Waals surface area contributed by atoms with E-state index in [1.165, 1.54) is 5.56 Å². The van der Waals surface area contributed by atoms with E-state index in [1.807, 2.05) is 72.2 Å².